The predicted molar refractivity (Wildman–Crippen MR) is 51.2 cm³/mol. The van der Waals surface area contributed by atoms with Crippen LogP contribution in [0.4, 0.5) is 0 Å². The molecule has 0 aliphatic rings. The molecule has 0 nitrogen and oxygen atoms in total. The van der Waals surface area contributed by atoms with Gasteiger partial charge in [-0.15, -0.1) is 0 Å². The first-order valence-corrected chi connectivity index (χ1v) is 4.81. The lowest BCUT2D eigenvalue weighted by Gasteiger charge is -1.98. The van der Waals surface area contributed by atoms with Crippen molar-refractivity contribution in [2.45, 2.75) is 5.33 Å². The summed E-state index contributed by atoms with van der Waals surface area (Å²) in [6, 6.07) is 6.12. The fourth-order valence-corrected chi connectivity index (χ4v) is 1.71. The molecule has 0 fully saturated rings. The van der Waals surface area contributed by atoms with Crippen molar-refractivity contribution in [1.29, 1.82) is 0 Å². The third-order valence-corrected chi connectivity index (χ3v) is 2.28. The third-order valence-electron chi connectivity index (χ3n) is 1.17. The molecule has 10 heavy (non-hydrogen) atoms. The quantitative estimate of drug-likeness (QED) is 0.680. The smallest absolute Gasteiger partial charge is 0.0283 e. The molecule has 0 aromatic heterocycles. The van der Waals surface area contributed by atoms with Gasteiger partial charge in [-0.2, -0.15) is 0 Å². The van der Waals surface area contributed by atoms with Gasteiger partial charge in [0.1, 0.15) is 0 Å². The van der Waals surface area contributed by atoms with Crippen molar-refractivity contribution < 1.29 is 0 Å². The molecule has 1 rings (SSSR count). The molecule has 2 heteroatoms. The lowest BCUT2D eigenvalue weighted by Crippen LogP contribution is -1.79. The van der Waals surface area contributed by atoms with Crippen molar-refractivity contribution in [2.75, 3.05) is 0 Å². The maximum atomic E-state index is 3.84. The van der Waals surface area contributed by atoms with Crippen LogP contribution >= 0.6 is 31.9 Å². The molecule has 0 saturated heterocycles. The van der Waals surface area contributed by atoms with E-state index >= 15 is 0 Å². The maximum Gasteiger partial charge on any atom is 0.0283 e. The van der Waals surface area contributed by atoms with Crippen LogP contribution in [0, 0.1) is 6.92 Å². The highest BCUT2D eigenvalue weighted by Gasteiger charge is 1.93. The van der Waals surface area contributed by atoms with Gasteiger partial charge in [0.05, 0.1) is 0 Å². The molecule has 0 saturated carbocycles. The number of rotatable bonds is 1. The van der Waals surface area contributed by atoms with E-state index in [9.17, 15) is 0 Å². The molecule has 0 spiro atoms. The number of halogens is 2. The Labute approximate surface area is 77.9 Å². The van der Waals surface area contributed by atoms with Crippen LogP contribution in [0.2, 0.25) is 0 Å². The molecule has 0 N–H and O–H groups in total. The Balaban J connectivity index is 3.06. The standard InChI is InChI=1S/C8H7Br2/c1-6-2-7(5-9)4-8(10)3-6/h2-4H,1,5H2. The SMILES string of the molecule is [CH2]c1cc(Br)cc(CBr)c1. The zero-order valence-electron chi connectivity index (χ0n) is 5.40. The average Bonchev–Trinajstić information content (AvgIpc) is 1.85. The van der Waals surface area contributed by atoms with Gasteiger partial charge in [0, 0.05) is 9.80 Å². The molecular formula is C8H7Br2. The summed E-state index contributed by atoms with van der Waals surface area (Å²) in [7, 11) is 0. The van der Waals surface area contributed by atoms with Gasteiger partial charge >= 0.3 is 0 Å². The first-order valence-electron chi connectivity index (χ1n) is 2.90. The molecule has 0 unspecified atom stereocenters. The number of benzene rings is 1. The normalized spacial score (nSPS) is 9.90. The predicted octanol–water partition coefficient (Wildman–Crippen LogP) is 3.53. The van der Waals surface area contributed by atoms with E-state index < -0.39 is 0 Å². The molecule has 1 radical (unpaired) electrons. The Bertz CT molecular complexity index is 210. The lowest BCUT2D eigenvalue weighted by molar-refractivity contribution is 1.40. The number of hydrogen-bond acceptors (Lipinski definition) is 0. The lowest BCUT2D eigenvalue weighted by atomic mass is 10.2. The molecule has 0 bridgehead atoms. The molecule has 0 aliphatic heterocycles. The maximum absolute atomic E-state index is 3.84. The minimum Gasteiger partial charge on any atom is -0.0876 e. The summed E-state index contributed by atoms with van der Waals surface area (Å²) in [5.41, 5.74) is 2.29. The molecule has 0 heterocycles. The molecule has 0 aliphatic carbocycles. The minimum absolute atomic E-state index is 0.884. The fraction of sp³-hybridized carbons (Fsp3) is 0.125. The van der Waals surface area contributed by atoms with Crippen LogP contribution < -0.4 is 0 Å². The monoisotopic (exact) mass is 261 g/mol. The van der Waals surface area contributed by atoms with E-state index in [-0.39, 0.29) is 0 Å². The molecule has 0 atom stereocenters. The van der Waals surface area contributed by atoms with E-state index in [1.54, 1.807) is 0 Å². The first-order chi connectivity index (χ1) is 4.72. The van der Waals surface area contributed by atoms with Crippen LogP contribution in [-0.2, 0) is 5.33 Å². The second kappa shape index (κ2) is 3.54. The number of hydrogen-bond donors (Lipinski definition) is 0. The van der Waals surface area contributed by atoms with Crippen molar-refractivity contribution in [3.8, 4) is 0 Å². The Morgan fingerprint density at radius 3 is 2.50 bits per heavy atom. The number of alkyl halides is 1. The summed E-state index contributed by atoms with van der Waals surface area (Å²) in [6.07, 6.45) is 0. The van der Waals surface area contributed by atoms with Gasteiger partial charge in [-0.1, -0.05) is 37.9 Å². The molecule has 1 aromatic carbocycles. The van der Waals surface area contributed by atoms with Gasteiger partial charge in [-0.3, -0.25) is 0 Å². The molecule has 0 amide bonds. The summed E-state index contributed by atoms with van der Waals surface area (Å²) >= 11 is 6.77. The van der Waals surface area contributed by atoms with E-state index in [0.717, 1.165) is 15.4 Å². The van der Waals surface area contributed by atoms with Gasteiger partial charge < -0.3 is 0 Å². The van der Waals surface area contributed by atoms with Gasteiger partial charge in [-0.25, -0.2) is 0 Å². The summed E-state index contributed by atoms with van der Waals surface area (Å²) in [4.78, 5) is 0. The van der Waals surface area contributed by atoms with Crippen molar-refractivity contribution >= 4 is 31.9 Å². The van der Waals surface area contributed by atoms with Gasteiger partial charge in [-0.05, 0) is 30.2 Å². The van der Waals surface area contributed by atoms with Crippen molar-refractivity contribution in [3.05, 3.63) is 40.7 Å². The highest BCUT2D eigenvalue weighted by Crippen LogP contribution is 2.16. The summed E-state index contributed by atoms with van der Waals surface area (Å²) in [5, 5.41) is 0.884. The van der Waals surface area contributed by atoms with Crippen LogP contribution in [0.25, 0.3) is 0 Å². The molecular weight excluding hydrogens is 256 g/mol. The largest absolute Gasteiger partial charge is 0.0876 e. The van der Waals surface area contributed by atoms with Crippen LogP contribution in [0.3, 0.4) is 0 Å². The zero-order valence-corrected chi connectivity index (χ0v) is 8.57. The minimum atomic E-state index is 0.884. The second-order valence-corrected chi connectivity index (χ2v) is 3.58. The van der Waals surface area contributed by atoms with Crippen molar-refractivity contribution in [3.63, 3.8) is 0 Å². The van der Waals surface area contributed by atoms with E-state index in [1.165, 1.54) is 5.56 Å². The van der Waals surface area contributed by atoms with E-state index in [0.29, 0.717) is 0 Å². The van der Waals surface area contributed by atoms with Crippen molar-refractivity contribution in [2.24, 2.45) is 0 Å². The first kappa shape index (κ1) is 8.28. The Morgan fingerprint density at radius 1 is 1.30 bits per heavy atom. The zero-order chi connectivity index (χ0) is 7.56. The summed E-state index contributed by atoms with van der Waals surface area (Å²) in [6.45, 7) is 3.84. The van der Waals surface area contributed by atoms with Gasteiger partial charge in [0.15, 0.2) is 0 Å². The highest BCUT2D eigenvalue weighted by molar-refractivity contribution is 9.10. The van der Waals surface area contributed by atoms with E-state index in [4.69, 9.17) is 0 Å². The van der Waals surface area contributed by atoms with E-state index in [2.05, 4.69) is 50.9 Å². The second-order valence-electron chi connectivity index (χ2n) is 2.10. The summed E-state index contributed by atoms with van der Waals surface area (Å²) in [5.74, 6) is 0. The average molecular weight is 263 g/mol. The Kier molecular flexibility index (Phi) is 2.93. The fourth-order valence-electron chi connectivity index (χ4n) is 0.795. The van der Waals surface area contributed by atoms with Crippen LogP contribution in [0.5, 0.6) is 0 Å². The highest BCUT2D eigenvalue weighted by atomic mass is 79.9. The summed E-state index contributed by atoms with van der Waals surface area (Å²) < 4.78 is 1.09. The van der Waals surface area contributed by atoms with Crippen LogP contribution in [0.15, 0.2) is 22.7 Å². The van der Waals surface area contributed by atoms with Crippen molar-refractivity contribution in [1.82, 2.24) is 0 Å². The molecule has 53 valence electrons. The van der Waals surface area contributed by atoms with E-state index in [1.807, 2.05) is 6.07 Å². The topological polar surface area (TPSA) is 0 Å². The third kappa shape index (κ3) is 2.10. The van der Waals surface area contributed by atoms with Crippen LogP contribution in [0.1, 0.15) is 11.1 Å². The van der Waals surface area contributed by atoms with Gasteiger partial charge in [0.25, 0.3) is 0 Å². The Morgan fingerprint density at radius 2 is 2.00 bits per heavy atom. The van der Waals surface area contributed by atoms with Gasteiger partial charge in [0.2, 0.25) is 0 Å². The van der Waals surface area contributed by atoms with Crippen LogP contribution in [-0.4, -0.2) is 0 Å². The molecule has 1 aromatic rings. The Hall–Kier alpha value is 0.180.